The molecule has 0 unspecified atom stereocenters. The van der Waals surface area contributed by atoms with Gasteiger partial charge in [0.15, 0.2) is 23.3 Å². The number of amides is 2. The maximum Gasteiger partial charge on any atom is 0.247 e. The summed E-state index contributed by atoms with van der Waals surface area (Å²) >= 11 is 0. The molecule has 3 aliphatic rings. The van der Waals surface area contributed by atoms with Crippen molar-refractivity contribution < 1.29 is 29.3 Å². The molecule has 5 rings (SSSR count). The van der Waals surface area contributed by atoms with Crippen LogP contribution >= 0.6 is 0 Å². The second-order valence-corrected chi connectivity index (χ2v) is 9.64. The highest BCUT2D eigenvalue weighted by Crippen LogP contribution is 2.38. The molecule has 1 aromatic carbocycles. The van der Waals surface area contributed by atoms with Crippen LogP contribution in [-0.2, 0) is 16.1 Å². The number of piperidine rings is 1. The van der Waals surface area contributed by atoms with Gasteiger partial charge < -0.3 is 24.6 Å². The van der Waals surface area contributed by atoms with Crippen LogP contribution < -0.4 is 9.47 Å². The quantitative estimate of drug-likeness (QED) is 0.580. The number of benzene rings is 1. The molecule has 0 radical (unpaired) electrons. The average molecular weight is 509 g/mol. The Morgan fingerprint density at radius 2 is 1.62 bits per heavy atom. The fourth-order valence-electron chi connectivity index (χ4n) is 5.53. The lowest BCUT2D eigenvalue weighted by Gasteiger charge is -2.42. The van der Waals surface area contributed by atoms with Gasteiger partial charge in [0.2, 0.25) is 11.8 Å². The second-order valence-electron chi connectivity index (χ2n) is 9.64. The molecule has 2 aliphatic heterocycles. The van der Waals surface area contributed by atoms with E-state index in [1.807, 2.05) is 18.2 Å². The Morgan fingerprint density at radius 1 is 0.973 bits per heavy atom. The highest BCUT2D eigenvalue weighted by atomic mass is 16.5. The van der Waals surface area contributed by atoms with E-state index in [4.69, 9.17) is 14.6 Å². The van der Waals surface area contributed by atoms with Crippen molar-refractivity contribution in [3.63, 3.8) is 0 Å². The molecule has 1 saturated heterocycles. The lowest BCUT2D eigenvalue weighted by atomic mass is 9.76. The molecular formula is C27H32N4O6. The van der Waals surface area contributed by atoms with Crippen molar-refractivity contribution in [2.24, 2.45) is 16.9 Å². The van der Waals surface area contributed by atoms with E-state index in [9.17, 15) is 19.8 Å². The minimum absolute atomic E-state index is 0.00422. The Balaban J connectivity index is 1.35. The Kier molecular flexibility index (Phi) is 6.82. The first-order valence-electron chi connectivity index (χ1n) is 12.6. The number of hydrogen-bond donors (Lipinski definition) is 2. The Labute approximate surface area is 215 Å². The minimum atomic E-state index is -0.197. The molecule has 0 spiro atoms. The molecule has 1 aliphatic carbocycles. The van der Waals surface area contributed by atoms with Gasteiger partial charge in [-0.2, -0.15) is 5.10 Å². The van der Waals surface area contributed by atoms with Gasteiger partial charge in [-0.25, -0.2) is 5.01 Å². The van der Waals surface area contributed by atoms with Crippen LogP contribution in [0.3, 0.4) is 0 Å². The number of hydrazone groups is 1. The predicted molar refractivity (Wildman–Crippen MR) is 136 cm³/mol. The van der Waals surface area contributed by atoms with Crippen LogP contribution in [0.25, 0.3) is 0 Å². The van der Waals surface area contributed by atoms with E-state index < -0.39 is 0 Å². The zero-order chi connectivity index (χ0) is 26.1. The highest BCUT2D eigenvalue weighted by Gasteiger charge is 2.43. The maximum absolute atomic E-state index is 13.6. The van der Waals surface area contributed by atoms with Crippen molar-refractivity contribution in [1.82, 2.24) is 14.5 Å². The Morgan fingerprint density at radius 3 is 2.27 bits per heavy atom. The summed E-state index contributed by atoms with van der Waals surface area (Å²) in [4.78, 5) is 28.1. The first kappa shape index (κ1) is 24.7. The molecule has 196 valence electrons. The number of fused-ring (bicyclic) bond motifs is 1. The number of likely N-dealkylation sites (tertiary alicyclic amines) is 1. The van der Waals surface area contributed by atoms with Gasteiger partial charge in [0.1, 0.15) is 6.54 Å². The largest absolute Gasteiger partial charge is 0.494 e. The summed E-state index contributed by atoms with van der Waals surface area (Å²) in [5.41, 5.74) is 1.77. The van der Waals surface area contributed by atoms with Crippen LogP contribution in [0, 0.1) is 11.8 Å². The van der Waals surface area contributed by atoms with Gasteiger partial charge in [-0.3, -0.25) is 14.2 Å². The van der Waals surface area contributed by atoms with Crippen LogP contribution in [0.5, 0.6) is 23.3 Å². The lowest BCUT2D eigenvalue weighted by Crippen LogP contribution is -2.53. The summed E-state index contributed by atoms with van der Waals surface area (Å²) in [6.45, 7) is 0.784. The van der Waals surface area contributed by atoms with Crippen molar-refractivity contribution in [3.8, 4) is 23.3 Å². The number of allylic oxidation sites excluding steroid dienone is 2. The summed E-state index contributed by atoms with van der Waals surface area (Å²) in [6.07, 6.45) is 6.80. The number of carbonyl (C=O) groups is 2. The van der Waals surface area contributed by atoms with E-state index in [0.29, 0.717) is 43.9 Å². The van der Waals surface area contributed by atoms with Crippen molar-refractivity contribution in [2.75, 3.05) is 27.3 Å². The first-order valence-corrected chi connectivity index (χ1v) is 12.6. The molecule has 2 atom stereocenters. The van der Waals surface area contributed by atoms with Crippen molar-refractivity contribution in [2.45, 2.75) is 38.3 Å². The van der Waals surface area contributed by atoms with Crippen LogP contribution in [-0.4, -0.2) is 75.6 Å². The molecule has 0 bridgehead atoms. The van der Waals surface area contributed by atoms with Gasteiger partial charge in [0.05, 0.1) is 31.9 Å². The predicted octanol–water partition coefficient (Wildman–Crippen LogP) is 2.74. The summed E-state index contributed by atoms with van der Waals surface area (Å²) in [6, 6.07) is 8.30. The van der Waals surface area contributed by atoms with Crippen molar-refractivity contribution in [3.05, 3.63) is 48.0 Å². The first-order chi connectivity index (χ1) is 17.9. The molecule has 1 aromatic heterocycles. The van der Waals surface area contributed by atoms with Crippen molar-refractivity contribution >= 4 is 17.5 Å². The fraction of sp³-hybridized carbons (Fsp3) is 0.444. The molecular weight excluding hydrogens is 476 g/mol. The smallest absolute Gasteiger partial charge is 0.247 e. The Bertz CT molecular complexity index is 1220. The molecule has 37 heavy (non-hydrogen) atoms. The number of ether oxygens (including phenoxy) is 2. The normalized spacial score (nSPS) is 22.0. The third-order valence-electron chi connectivity index (χ3n) is 7.61. The Hall–Kier alpha value is -3.95. The van der Waals surface area contributed by atoms with Gasteiger partial charge in [0.25, 0.3) is 0 Å². The third-order valence-corrected chi connectivity index (χ3v) is 7.61. The lowest BCUT2D eigenvalue weighted by molar-refractivity contribution is -0.142. The van der Waals surface area contributed by atoms with Crippen LogP contribution in [0.1, 0.15) is 31.2 Å². The monoisotopic (exact) mass is 508 g/mol. The van der Waals surface area contributed by atoms with E-state index in [1.54, 1.807) is 24.1 Å². The number of aromatic hydroxyl groups is 2. The maximum atomic E-state index is 13.6. The highest BCUT2D eigenvalue weighted by molar-refractivity contribution is 6.07. The summed E-state index contributed by atoms with van der Waals surface area (Å²) in [5, 5.41) is 26.3. The van der Waals surface area contributed by atoms with E-state index in [-0.39, 0.29) is 48.0 Å². The van der Waals surface area contributed by atoms with E-state index in [1.165, 1.54) is 16.7 Å². The van der Waals surface area contributed by atoms with Crippen LogP contribution in [0.2, 0.25) is 0 Å². The van der Waals surface area contributed by atoms with Crippen LogP contribution in [0.15, 0.2) is 47.6 Å². The van der Waals surface area contributed by atoms with Gasteiger partial charge in [-0.1, -0.05) is 12.2 Å². The van der Waals surface area contributed by atoms with Gasteiger partial charge in [-0.15, -0.1) is 0 Å². The number of aromatic nitrogens is 1. The molecule has 2 aromatic rings. The second kappa shape index (κ2) is 10.2. The molecule has 3 heterocycles. The zero-order valence-corrected chi connectivity index (χ0v) is 21.0. The number of rotatable bonds is 6. The summed E-state index contributed by atoms with van der Waals surface area (Å²) < 4.78 is 12.1. The van der Waals surface area contributed by atoms with Gasteiger partial charge in [-0.05, 0) is 43.9 Å². The zero-order valence-electron chi connectivity index (χ0n) is 21.0. The summed E-state index contributed by atoms with van der Waals surface area (Å²) in [5.74, 6) is 0.582. The molecule has 0 saturated carbocycles. The number of hydrogen-bond acceptors (Lipinski definition) is 7. The van der Waals surface area contributed by atoms with E-state index >= 15 is 0 Å². The van der Waals surface area contributed by atoms with E-state index in [0.717, 1.165) is 17.7 Å². The number of methoxy groups -OCH3 is 2. The SMILES string of the molecule is COc1ccc(C2=NN(C3CCN(C(=O)Cn4c(O)ccc4O)CC3)C(=O)[C@@H]3CC=CC[C@H]23)cc1OC. The average Bonchev–Trinajstić information content (AvgIpc) is 3.25. The molecule has 2 amide bonds. The third kappa shape index (κ3) is 4.63. The number of nitrogens with zero attached hydrogens (tertiary/aromatic N) is 4. The fourth-order valence-corrected chi connectivity index (χ4v) is 5.53. The molecule has 10 heteroatoms. The van der Waals surface area contributed by atoms with E-state index in [2.05, 4.69) is 12.2 Å². The van der Waals surface area contributed by atoms with Gasteiger partial charge in [0, 0.05) is 36.7 Å². The number of carbonyl (C=O) groups excluding carboxylic acids is 2. The summed E-state index contributed by atoms with van der Waals surface area (Å²) in [7, 11) is 3.19. The van der Waals surface area contributed by atoms with Crippen molar-refractivity contribution in [1.29, 1.82) is 0 Å². The molecule has 10 nitrogen and oxygen atoms in total. The molecule has 2 N–H and O–H groups in total. The molecule has 1 fully saturated rings. The standard InChI is InChI=1S/C27H32N4O6/c1-36-21-8-7-17(15-22(21)37-2)26-19-5-3-4-6-20(19)27(35)31(28-26)18-11-13-29(14-12-18)25(34)16-30-23(32)9-10-24(30)33/h3-4,7-10,15,18-20,32-33H,5-6,11-14,16H2,1-2H3/t19-,20+/m0/s1. The van der Waals surface area contributed by atoms with Crippen LogP contribution in [0.4, 0.5) is 0 Å². The topological polar surface area (TPSA) is 117 Å². The van der Waals surface area contributed by atoms with Gasteiger partial charge >= 0.3 is 0 Å². The minimum Gasteiger partial charge on any atom is -0.494 e.